The summed E-state index contributed by atoms with van der Waals surface area (Å²) >= 11 is 3.40. The molecule has 1 fully saturated rings. The van der Waals surface area contributed by atoms with Crippen molar-refractivity contribution in [1.29, 1.82) is 0 Å². The molecule has 21 heavy (non-hydrogen) atoms. The Morgan fingerprint density at radius 1 is 1.43 bits per heavy atom. The van der Waals surface area contributed by atoms with Crippen LogP contribution in [0.3, 0.4) is 0 Å². The number of benzene rings is 1. The zero-order valence-corrected chi connectivity index (χ0v) is 13.1. The monoisotopic (exact) mass is 352 g/mol. The Labute approximate surface area is 131 Å². The van der Waals surface area contributed by atoms with Crippen LogP contribution in [0.2, 0.25) is 0 Å². The Bertz CT molecular complexity index is 572. The summed E-state index contributed by atoms with van der Waals surface area (Å²) in [5.74, 6) is -1.03. The highest BCUT2D eigenvalue weighted by molar-refractivity contribution is 9.10. The van der Waals surface area contributed by atoms with E-state index in [1.165, 1.54) is 0 Å². The molecule has 1 aromatic rings. The Morgan fingerprint density at radius 2 is 2.29 bits per heavy atom. The van der Waals surface area contributed by atoms with Gasteiger partial charge in [-0.25, -0.2) is 0 Å². The fourth-order valence-corrected chi connectivity index (χ4v) is 3.01. The van der Waals surface area contributed by atoms with Crippen LogP contribution in [0.5, 0.6) is 0 Å². The fraction of sp³-hybridized carbons (Fsp3) is 0.429. The highest BCUT2D eigenvalue weighted by Gasteiger charge is 2.29. The molecule has 2 heterocycles. The van der Waals surface area contributed by atoms with Gasteiger partial charge >= 0.3 is 11.8 Å². The predicted octanol–water partition coefficient (Wildman–Crippen LogP) is 0.321. The van der Waals surface area contributed by atoms with Gasteiger partial charge < -0.3 is 10.2 Å². The molecule has 7 heteroatoms. The lowest BCUT2D eigenvalue weighted by molar-refractivity contribution is -0.137. The van der Waals surface area contributed by atoms with Crippen molar-refractivity contribution in [2.45, 2.75) is 18.9 Å². The maximum Gasteiger partial charge on any atom is 0.316 e. The minimum absolute atomic E-state index is 0.182. The fourth-order valence-electron chi connectivity index (χ4n) is 2.67. The molecule has 0 saturated carbocycles. The average Bonchev–Trinajstić information content (AvgIpc) is 3.12. The number of nitrogens with one attached hydrogen (secondary N) is 3. The second-order valence-corrected chi connectivity index (χ2v) is 6.16. The molecule has 0 aromatic heterocycles. The number of amides is 2. The van der Waals surface area contributed by atoms with E-state index in [2.05, 4.69) is 32.1 Å². The minimum atomic E-state index is -0.545. The summed E-state index contributed by atoms with van der Waals surface area (Å²) in [5, 5.41) is 2.70. The highest BCUT2D eigenvalue weighted by atomic mass is 79.9. The molecule has 0 radical (unpaired) electrons. The normalized spacial score (nSPS) is 20.4. The van der Waals surface area contributed by atoms with Gasteiger partial charge in [0.05, 0.1) is 0 Å². The lowest BCUT2D eigenvalue weighted by Crippen LogP contribution is -2.46. The molecule has 2 amide bonds. The van der Waals surface area contributed by atoms with Gasteiger partial charge in [0.2, 0.25) is 0 Å². The van der Waals surface area contributed by atoms with Gasteiger partial charge in [0.15, 0.2) is 0 Å². The SMILES string of the molecule is O=C(NCC1CCNN1)C(=O)N1CCc2ccc(Br)cc21. The van der Waals surface area contributed by atoms with Crippen molar-refractivity contribution in [3.05, 3.63) is 28.2 Å². The molecule has 1 saturated heterocycles. The maximum atomic E-state index is 12.3. The molecule has 2 aliphatic heterocycles. The van der Waals surface area contributed by atoms with E-state index in [0.29, 0.717) is 13.1 Å². The third-order valence-electron chi connectivity index (χ3n) is 3.82. The standard InChI is InChI=1S/C14H17BrN4O2/c15-10-2-1-9-4-6-19(12(9)7-10)14(21)13(20)16-8-11-3-5-17-18-11/h1-2,7,11,17-18H,3-6,8H2,(H,16,20). The van der Waals surface area contributed by atoms with E-state index in [-0.39, 0.29) is 6.04 Å². The van der Waals surface area contributed by atoms with Crippen molar-refractivity contribution in [2.75, 3.05) is 24.5 Å². The topological polar surface area (TPSA) is 73.5 Å². The van der Waals surface area contributed by atoms with E-state index in [0.717, 1.165) is 35.1 Å². The van der Waals surface area contributed by atoms with Gasteiger partial charge in [-0.1, -0.05) is 22.0 Å². The smallest absolute Gasteiger partial charge is 0.316 e. The number of halogens is 1. The van der Waals surface area contributed by atoms with E-state index in [1.807, 2.05) is 18.2 Å². The Morgan fingerprint density at radius 3 is 3.05 bits per heavy atom. The summed E-state index contributed by atoms with van der Waals surface area (Å²) in [6, 6.07) is 6.00. The van der Waals surface area contributed by atoms with Crippen LogP contribution in [0.25, 0.3) is 0 Å². The van der Waals surface area contributed by atoms with Crippen LogP contribution >= 0.6 is 15.9 Å². The van der Waals surface area contributed by atoms with Crippen LogP contribution < -0.4 is 21.1 Å². The van der Waals surface area contributed by atoms with Crippen molar-refractivity contribution >= 4 is 33.4 Å². The average molecular weight is 353 g/mol. The summed E-state index contributed by atoms with van der Waals surface area (Å²) < 4.78 is 0.905. The molecule has 1 aromatic carbocycles. The second kappa shape index (κ2) is 6.13. The first kappa shape index (κ1) is 14.5. The molecule has 6 nitrogen and oxygen atoms in total. The van der Waals surface area contributed by atoms with E-state index in [9.17, 15) is 9.59 Å². The van der Waals surface area contributed by atoms with E-state index in [4.69, 9.17) is 0 Å². The van der Waals surface area contributed by atoms with Crippen LogP contribution in [0.15, 0.2) is 22.7 Å². The quantitative estimate of drug-likeness (QED) is 0.670. The number of hydrogen-bond acceptors (Lipinski definition) is 4. The minimum Gasteiger partial charge on any atom is -0.346 e. The van der Waals surface area contributed by atoms with Crippen molar-refractivity contribution in [1.82, 2.24) is 16.2 Å². The molecule has 112 valence electrons. The molecular formula is C14H17BrN4O2. The zero-order chi connectivity index (χ0) is 14.8. The van der Waals surface area contributed by atoms with Crippen molar-refractivity contribution in [3.63, 3.8) is 0 Å². The van der Waals surface area contributed by atoms with E-state index in [1.54, 1.807) is 4.90 Å². The number of rotatable bonds is 2. The first-order valence-corrected chi connectivity index (χ1v) is 7.81. The predicted molar refractivity (Wildman–Crippen MR) is 82.8 cm³/mol. The lowest BCUT2D eigenvalue weighted by Gasteiger charge is -2.18. The summed E-state index contributed by atoms with van der Waals surface area (Å²) in [7, 11) is 0. The first-order valence-electron chi connectivity index (χ1n) is 7.01. The molecule has 0 bridgehead atoms. The maximum absolute atomic E-state index is 12.3. The summed E-state index contributed by atoms with van der Waals surface area (Å²) in [6.45, 7) is 1.89. The van der Waals surface area contributed by atoms with Gasteiger partial charge in [0.25, 0.3) is 0 Å². The zero-order valence-electron chi connectivity index (χ0n) is 11.5. The third kappa shape index (κ3) is 3.09. The molecule has 3 rings (SSSR count). The third-order valence-corrected chi connectivity index (χ3v) is 4.31. The van der Waals surface area contributed by atoms with Gasteiger partial charge in [-0.15, -0.1) is 0 Å². The Hall–Kier alpha value is -1.44. The molecule has 3 N–H and O–H groups in total. The summed E-state index contributed by atoms with van der Waals surface area (Å²) in [6.07, 6.45) is 1.73. The Balaban J connectivity index is 1.63. The number of anilines is 1. The van der Waals surface area contributed by atoms with Gasteiger partial charge in [0, 0.05) is 35.8 Å². The van der Waals surface area contributed by atoms with Crippen LogP contribution in [0, 0.1) is 0 Å². The van der Waals surface area contributed by atoms with E-state index >= 15 is 0 Å². The molecule has 0 aliphatic carbocycles. The lowest BCUT2D eigenvalue weighted by atomic mass is 10.2. The first-order chi connectivity index (χ1) is 10.1. The van der Waals surface area contributed by atoms with E-state index < -0.39 is 11.8 Å². The summed E-state index contributed by atoms with van der Waals surface area (Å²) in [5.41, 5.74) is 7.97. The summed E-state index contributed by atoms with van der Waals surface area (Å²) in [4.78, 5) is 25.9. The second-order valence-electron chi connectivity index (χ2n) is 5.25. The number of hydrogen-bond donors (Lipinski definition) is 3. The molecular weight excluding hydrogens is 336 g/mol. The number of fused-ring (bicyclic) bond motifs is 1. The van der Waals surface area contributed by atoms with Crippen LogP contribution in [-0.2, 0) is 16.0 Å². The van der Waals surface area contributed by atoms with Crippen LogP contribution in [-0.4, -0.2) is 37.5 Å². The van der Waals surface area contributed by atoms with Gasteiger partial charge in [0.1, 0.15) is 0 Å². The van der Waals surface area contributed by atoms with Crippen molar-refractivity contribution < 1.29 is 9.59 Å². The van der Waals surface area contributed by atoms with Crippen molar-refractivity contribution in [3.8, 4) is 0 Å². The molecule has 2 aliphatic rings. The molecule has 1 atom stereocenters. The van der Waals surface area contributed by atoms with Crippen LogP contribution in [0.1, 0.15) is 12.0 Å². The Kier molecular flexibility index (Phi) is 4.23. The number of nitrogens with zero attached hydrogens (tertiary/aromatic N) is 1. The molecule has 1 unspecified atom stereocenters. The van der Waals surface area contributed by atoms with Crippen molar-refractivity contribution in [2.24, 2.45) is 0 Å². The van der Waals surface area contributed by atoms with Crippen LogP contribution in [0.4, 0.5) is 5.69 Å². The number of carbonyl (C=O) groups is 2. The molecule has 0 spiro atoms. The number of hydrazine groups is 1. The van der Waals surface area contributed by atoms with Gasteiger partial charge in [-0.05, 0) is 30.5 Å². The van der Waals surface area contributed by atoms with Gasteiger partial charge in [-0.3, -0.25) is 20.4 Å². The number of carbonyl (C=O) groups excluding carboxylic acids is 2. The van der Waals surface area contributed by atoms with Gasteiger partial charge in [-0.2, -0.15) is 0 Å². The largest absolute Gasteiger partial charge is 0.346 e. The highest BCUT2D eigenvalue weighted by Crippen LogP contribution is 2.30.